The number of hydrogen-bond acceptors (Lipinski definition) is 3. The molecule has 11 rings (SSSR count). The molecule has 0 radical (unpaired) electrons. The summed E-state index contributed by atoms with van der Waals surface area (Å²) in [5.74, 6) is 4.08. The van der Waals surface area contributed by atoms with E-state index in [1.54, 1.807) is 6.08 Å². The smallest absolute Gasteiger partial charge is 0.160 e. The summed E-state index contributed by atoms with van der Waals surface area (Å²) in [7, 11) is 0. The fraction of sp³-hybridized carbons (Fsp3) is 0.0370. The molecule has 3 heteroatoms. The molecule has 0 bridgehead atoms. The van der Waals surface area contributed by atoms with Gasteiger partial charge in [-0.3, -0.25) is 0 Å². The Bertz CT molecular complexity index is 3110. The van der Waals surface area contributed by atoms with Gasteiger partial charge in [-0.1, -0.05) is 152 Å². The Hall–Kier alpha value is -7.54. The Balaban J connectivity index is 1.19. The average molecular weight is 727 g/mol. The molecule has 2 aliphatic rings. The highest BCUT2D eigenvalue weighted by Gasteiger charge is 2.49. The Morgan fingerprint density at radius 3 is 1.63 bits per heavy atom. The molecular weight excluding hydrogens is 693 g/mol. The van der Waals surface area contributed by atoms with E-state index in [-0.39, 0.29) is 0 Å². The van der Waals surface area contributed by atoms with Gasteiger partial charge in [-0.15, -0.1) is 6.42 Å². The number of benzene rings is 7. The van der Waals surface area contributed by atoms with Gasteiger partial charge in [0.2, 0.25) is 0 Å². The maximum atomic E-state index is 6.27. The second kappa shape index (κ2) is 12.8. The van der Waals surface area contributed by atoms with Crippen molar-refractivity contribution in [2.24, 2.45) is 0 Å². The average Bonchev–Trinajstić information content (AvgIpc) is 3.72. The van der Waals surface area contributed by atoms with Crippen LogP contribution in [0.15, 0.2) is 180 Å². The van der Waals surface area contributed by atoms with E-state index in [2.05, 4.69) is 158 Å². The van der Waals surface area contributed by atoms with Gasteiger partial charge < -0.3 is 4.42 Å². The molecule has 2 aliphatic carbocycles. The zero-order valence-corrected chi connectivity index (χ0v) is 31.2. The van der Waals surface area contributed by atoms with Crippen molar-refractivity contribution in [2.45, 2.75) is 12.3 Å². The van der Waals surface area contributed by atoms with Crippen LogP contribution < -0.4 is 0 Å². The zero-order valence-electron chi connectivity index (χ0n) is 31.2. The highest BCUT2D eigenvalue weighted by atomic mass is 16.3. The van der Waals surface area contributed by atoms with Gasteiger partial charge in [-0.2, -0.15) is 0 Å². The molecule has 0 saturated heterocycles. The molecule has 1 spiro atoms. The van der Waals surface area contributed by atoms with Gasteiger partial charge in [0, 0.05) is 27.6 Å². The van der Waals surface area contributed by atoms with Gasteiger partial charge in [-0.25, -0.2) is 9.97 Å². The van der Waals surface area contributed by atoms with E-state index in [1.165, 1.54) is 55.6 Å². The van der Waals surface area contributed by atoms with E-state index in [9.17, 15) is 0 Å². The third-order valence-corrected chi connectivity index (χ3v) is 11.8. The van der Waals surface area contributed by atoms with E-state index < -0.39 is 5.41 Å². The quantitative estimate of drug-likeness (QED) is 0.170. The highest BCUT2D eigenvalue weighted by molar-refractivity contribution is 5.98. The molecule has 266 valence electrons. The minimum absolute atomic E-state index is 0.583. The first-order chi connectivity index (χ1) is 28.1. The largest absolute Gasteiger partial charge is 0.461 e. The van der Waals surface area contributed by atoms with Gasteiger partial charge in [0.1, 0.15) is 11.3 Å². The van der Waals surface area contributed by atoms with Crippen molar-refractivity contribution in [1.29, 1.82) is 0 Å². The topological polar surface area (TPSA) is 38.9 Å². The summed E-state index contributed by atoms with van der Waals surface area (Å²) in [6.07, 6.45) is 9.18. The monoisotopic (exact) mass is 726 g/mol. The molecule has 2 heterocycles. The van der Waals surface area contributed by atoms with Crippen LogP contribution in [0.3, 0.4) is 0 Å². The predicted molar refractivity (Wildman–Crippen MR) is 232 cm³/mol. The van der Waals surface area contributed by atoms with Crippen molar-refractivity contribution >= 4 is 17.0 Å². The van der Waals surface area contributed by atoms with Crippen molar-refractivity contribution in [1.82, 2.24) is 9.97 Å². The summed E-state index contributed by atoms with van der Waals surface area (Å²) < 4.78 is 6.27. The summed E-state index contributed by atoms with van der Waals surface area (Å²) in [4.78, 5) is 10.5. The molecule has 0 aliphatic heterocycles. The Morgan fingerprint density at radius 1 is 0.509 bits per heavy atom. The Kier molecular flexibility index (Phi) is 7.36. The summed E-state index contributed by atoms with van der Waals surface area (Å²) in [5, 5.41) is 1.01. The van der Waals surface area contributed by atoms with Crippen molar-refractivity contribution in [2.75, 3.05) is 0 Å². The number of furan rings is 1. The Labute approximate surface area is 331 Å². The number of aryl methyl sites for hydroxylation is 1. The van der Waals surface area contributed by atoms with E-state index in [0.29, 0.717) is 5.82 Å². The molecule has 7 aromatic carbocycles. The second-order valence-electron chi connectivity index (χ2n) is 14.8. The lowest BCUT2D eigenvalue weighted by Gasteiger charge is -2.35. The lowest BCUT2D eigenvalue weighted by Crippen LogP contribution is -2.29. The number of fused-ring (bicyclic) bond motifs is 13. The SMILES string of the molecule is C#C/C=C\c1c(C)oc2cc(-c3cc(-c4ccc5c(c4)C4(c6ccccc6-c6ccccc6-5)c5ccccc5-c5ccccc54)nc(-c4ccccc4)n3)ccc12. The number of aromatic nitrogens is 2. The molecule has 0 atom stereocenters. The standard InChI is InChI=1S/C54H34N2O/c1-3-4-18-38-34(2)57-52-32-37(28-30-45(38)52)51-33-50(55-53(56-51)35-16-6-5-7-17-35)36-27-29-44-40-20-9-8-19-39(40)41-21-10-13-24-46(41)54(49(44)31-36)47-25-14-11-22-42(47)43-23-12-15-26-48(43)54/h1,4-33H,2H3/b18-4-. The molecule has 0 amide bonds. The third kappa shape index (κ3) is 4.88. The van der Waals surface area contributed by atoms with Crippen molar-refractivity contribution in [3.05, 3.63) is 210 Å². The number of allylic oxidation sites excluding steroid dienone is 1. The van der Waals surface area contributed by atoms with E-state index in [4.69, 9.17) is 20.8 Å². The first-order valence-corrected chi connectivity index (χ1v) is 19.3. The highest BCUT2D eigenvalue weighted by Crippen LogP contribution is 2.61. The lowest BCUT2D eigenvalue weighted by molar-refractivity contribution is 0.577. The molecule has 57 heavy (non-hydrogen) atoms. The number of terminal acetylenes is 1. The summed E-state index contributed by atoms with van der Waals surface area (Å²) in [6.45, 7) is 1.97. The van der Waals surface area contributed by atoms with Gasteiger partial charge in [0.05, 0.1) is 16.8 Å². The van der Waals surface area contributed by atoms with Crippen molar-refractivity contribution in [3.8, 4) is 79.6 Å². The van der Waals surface area contributed by atoms with Crippen molar-refractivity contribution in [3.63, 3.8) is 0 Å². The summed E-state index contributed by atoms with van der Waals surface area (Å²) >= 11 is 0. The fourth-order valence-corrected chi connectivity index (χ4v) is 9.40. The lowest BCUT2D eigenvalue weighted by atomic mass is 9.65. The van der Waals surface area contributed by atoms with Crippen molar-refractivity contribution < 1.29 is 4.42 Å². The normalized spacial score (nSPS) is 13.1. The number of hydrogen-bond donors (Lipinski definition) is 0. The molecular formula is C54H34N2O. The number of rotatable bonds is 4. The van der Waals surface area contributed by atoms with Gasteiger partial charge in [-0.05, 0) is 99.0 Å². The predicted octanol–water partition coefficient (Wildman–Crippen LogP) is 13.2. The van der Waals surface area contributed by atoms with Crippen LogP contribution in [0.2, 0.25) is 0 Å². The summed E-state index contributed by atoms with van der Waals surface area (Å²) in [6, 6.07) is 61.3. The van der Waals surface area contributed by atoms with Gasteiger partial charge in [0.25, 0.3) is 0 Å². The van der Waals surface area contributed by atoms with E-state index in [0.717, 1.165) is 50.4 Å². The van der Waals surface area contributed by atoms with Crippen LogP contribution >= 0.6 is 0 Å². The van der Waals surface area contributed by atoms with Crippen LogP contribution in [0.5, 0.6) is 0 Å². The van der Waals surface area contributed by atoms with E-state index >= 15 is 0 Å². The number of nitrogens with zero attached hydrogens (tertiary/aromatic N) is 2. The van der Waals surface area contributed by atoms with Gasteiger partial charge >= 0.3 is 0 Å². The van der Waals surface area contributed by atoms with Gasteiger partial charge in [0.15, 0.2) is 5.82 Å². The maximum Gasteiger partial charge on any atom is 0.160 e. The summed E-state index contributed by atoms with van der Waals surface area (Å²) in [5.41, 5.74) is 18.3. The Morgan fingerprint density at radius 2 is 1.02 bits per heavy atom. The molecule has 9 aromatic rings. The first kappa shape index (κ1) is 32.9. The fourth-order valence-electron chi connectivity index (χ4n) is 9.40. The third-order valence-electron chi connectivity index (χ3n) is 11.8. The molecule has 3 nitrogen and oxygen atoms in total. The molecule has 2 aromatic heterocycles. The zero-order chi connectivity index (χ0) is 38.1. The molecule has 0 unspecified atom stereocenters. The van der Waals surface area contributed by atoms with Crippen LogP contribution in [-0.4, -0.2) is 9.97 Å². The first-order valence-electron chi connectivity index (χ1n) is 19.3. The molecule has 0 fully saturated rings. The van der Waals surface area contributed by atoms with Crippen LogP contribution in [0.4, 0.5) is 0 Å². The molecule has 0 saturated carbocycles. The second-order valence-corrected chi connectivity index (χ2v) is 14.8. The van der Waals surface area contributed by atoms with Crippen LogP contribution in [0, 0.1) is 19.3 Å². The van der Waals surface area contributed by atoms with Crippen LogP contribution in [0.1, 0.15) is 33.6 Å². The van der Waals surface area contributed by atoms with E-state index in [1.807, 2.05) is 31.2 Å². The minimum Gasteiger partial charge on any atom is -0.461 e. The maximum absolute atomic E-state index is 6.27. The minimum atomic E-state index is -0.583. The van der Waals surface area contributed by atoms with Crippen LogP contribution in [-0.2, 0) is 5.41 Å². The molecule has 0 N–H and O–H groups in total. The van der Waals surface area contributed by atoms with Crippen LogP contribution in [0.25, 0.3) is 84.3 Å².